The fourth-order valence-electron chi connectivity index (χ4n) is 1.66. The van der Waals surface area contributed by atoms with Gasteiger partial charge in [0.25, 0.3) is 0 Å². The summed E-state index contributed by atoms with van der Waals surface area (Å²) in [7, 11) is 0. The number of nitrogens with one attached hydrogen (secondary N) is 2. The van der Waals surface area contributed by atoms with Gasteiger partial charge in [0, 0.05) is 18.0 Å². The Balaban J connectivity index is 3.23. The Morgan fingerprint density at radius 1 is 1.15 bits per heavy atom. The van der Waals surface area contributed by atoms with E-state index < -0.39 is 11.6 Å². The van der Waals surface area contributed by atoms with Gasteiger partial charge in [0.05, 0.1) is 11.6 Å². The molecule has 0 radical (unpaired) electrons. The Labute approximate surface area is 122 Å². The van der Waals surface area contributed by atoms with E-state index >= 15 is 0 Å². The van der Waals surface area contributed by atoms with Crippen LogP contribution < -0.4 is 10.6 Å². The first-order valence-corrected chi connectivity index (χ1v) is 7.27. The quantitative estimate of drug-likeness (QED) is 0.747. The van der Waals surface area contributed by atoms with Crippen molar-refractivity contribution in [2.24, 2.45) is 0 Å². The first kappa shape index (κ1) is 16.7. The van der Waals surface area contributed by atoms with E-state index in [0.717, 1.165) is 29.6 Å². The molecule has 1 aromatic heterocycles. The van der Waals surface area contributed by atoms with Crippen molar-refractivity contribution in [1.82, 2.24) is 9.97 Å². The molecule has 0 aliphatic carbocycles. The third-order valence-corrected chi connectivity index (χ3v) is 3.51. The van der Waals surface area contributed by atoms with E-state index in [1.54, 1.807) is 6.92 Å². The Hall–Kier alpha value is -1.36. The van der Waals surface area contributed by atoms with Crippen LogP contribution in [-0.2, 0) is 0 Å². The summed E-state index contributed by atoms with van der Waals surface area (Å²) in [5, 5.41) is 16.5. The topological polar surface area (TPSA) is 70.1 Å². The minimum absolute atomic E-state index is 0.253. The van der Waals surface area contributed by atoms with Crippen LogP contribution >= 0.6 is 0 Å². The fraction of sp³-hybridized carbons (Fsp3) is 0.733. The van der Waals surface area contributed by atoms with Crippen LogP contribution in [0.2, 0.25) is 0 Å². The molecular formula is C15H28N4O. The first-order chi connectivity index (χ1) is 9.19. The lowest BCUT2D eigenvalue weighted by molar-refractivity contribution is 0.133. The number of aliphatic hydroxyl groups is 1. The summed E-state index contributed by atoms with van der Waals surface area (Å²) < 4.78 is 0. The van der Waals surface area contributed by atoms with E-state index in [0.29, 0.717) is 0 Å². The molecule has 20 heavy (non-hydrogen) atoms. The summed E-state index contributed by atoms with van der Waals surface area (Å²) in [5.41, 5.74) is 0.529. The Bertz CT molecular complexity index is 455. The highest BCUT2D eigenvalue weighted by atomic mass is 16.3. The van der Waals surface area contributed by atoms with Gasteiger partial charge in [0.15, 0.2) is 0 Å². The SMILES string of the molecule is CCNc1nc(C(C)C)nc(NC(C)(C)C(C)O)c1C. The lowest BCUT2D eigenvalue weighted by Crippen LogP contribution is -2.42. The van der Waals surface area contributed by atoms with Gasteiger partial charge in [0.2, 0.25) is 0 Å². The van der Waals surface area contributed by atoms with Gasteiger partial charge in [-0.25, -0.2) is 9.97 Å². The summed E-state index contributed by atoms with van der Waals surface area (Å²) in [6, 6.07) is 0. The van der Waals surface area contributed by atoms with Gasteiger partial charge >= 0.3 is 0 Å². The smallest absolute Gasteiger partial charge is 0.135 e. The molecule has 0 bridgehead atoms. The molecule has 5 nitrogen and oxygen atoms in total. The lowest BCUT2D eigenvalue weighted by atomic mass is 9.98. The number of aromatic nitrogens is 2. The molecule has 0 aromatic carbocycles. The molecule has 1 unspecified atom stereocenters. The Morgan fingerprint density at radius 3 is 2.15 bits per heavy atom. The number of rotatable bonds is 6. The number of anilines is 2. The summed E-state index contributed by atoms with van der Waals surface area (Å²) in [5.74, 6) is 2.69. The van der Waals surface area contributed by atoms with Crippen LogP contribution in [0.25, 0.3) is 0 Å². The molecule has 1 atom stereocenters. The third-order valence-electron chi connectivity index (χ3n) is 3.51. The van der Waals surface area contributed by atoms with E-state index in [1.165, 1.54) is 0 Å². The number of hydrogen-bond acceptors (Lipinski definition) is 5. The Kier molecular flexibility index (Phi) is 5.34. The highest BCUT2D eigenvalue weighted by Gasteiger charge is 2.26. The second kappa shape index (κ2) is 6.39. The molecule has 3 N–H and O–H groups in total. The maximum Gasteiger partial charge on any atom is 0.135 e. The van der Waals surface area contributed by atoms with Crippen molar-refractivity contribution < 1.29 is 5.11 Å². The highest BCUT2D eigenvalue weighted by molar-refractivity contribution is 5.58. The fourth-order valence-corrected chi connectivity index (χ4v) is 1.66. The van der Waals surface area contributed by atoms with Crippen LogP contribution in [0.4, 0.5) is 11.6 Å². The van der Waals surface area contributed by atoms with Gasteiger partial charge in [0.1, 0.15) is 17.5 Å². The van der Waals surface area contributed by atoms with E-state index in [1.807, 2.05) is 27.7 Å². The Morgan fingerprint density at radius 2 is 1.70 bits per heavy atom. The number of aliphatic hydroxyl groups excluding tert-OH is 1. The van der Waals surface area contributed by atoms with E-state index in [9.17, 15) is 5.11 Å². The van der Waals surface area contributed by atoms with Gasteiger partial charge in [-0.2, -0.15) is 0 Å². The zero-order valence-corrected chi connectivity index (χ0v) is 13.7. The second-order valence-electron chi connectivity index (χ2n) is 6.11. The van der Waals surface area contributed by atoms with Crippen molar-refractivity contribution in [2.75, 3.05) is 17.2 Å². The van der Waals surface area contributed by atoms with Gasteiger partial charge in [-0.3, -0.25) is 0 Å². The van der Waals surface area contributed by atoms with Crippen LogP contribution in [0.5, 0.6) is 0 Å². The minimum atomic E-state index is -0.484. The van der Waals surface area contributed by atoms with Gasteiger partial charge in [-0.1, -0.05) is 13.8 Å². The molecule has 0 saturated heterocycles. The maximum atomic E-state index is 9.86. The van der Waals surface area contributed by atoms with Crippen molar-refractivity contribution in [2.45, 2.75) is 66.0 Å². The van der Waals surface area contributed by atoms with Crippen LogP contribution in [0.3, 0.4) is 0 Å². The highest BCUT2D eigenvalue weighted by Crippen LogP contribution is 2.26. The average Bonchev–Trinajstić information content (AvgIpc) is 2.33. The van der Waals surface area contributed by atoms with E-state index in [4.69, 9.17) is 0 Å². The predicted octanol–water partition coefficient (Wildman–Crippen LogP) is 2.91. The molecule has 1 rings (SSSR count). The van der Waals surface area contributed by atoms with Crippen LogP contribution in [0.15, 0.2) is 0 Å². The minimum Gasteiger partial charge on any atom is -0.391 e. The van der Waals surface area contributed by atoms with Crippen molar-refractivity contribution in [3.8, 4) is 0 Å². The first-order valence-electron chi connectivity index (χ1n) is 7.27. The lowest BCUT2D eigenvalue weighted by Gasteiger charge is -2.31. The summed E-state index contributed by atoms with van der Waals surface area (Å²) >= 11 is 0. The number of nitrogens with zero attached hydrogens (tertiary/aromatic N) is 2. The molecule has 1 heterocycles. The molecule has 0 aliphatic rings. The molecule has 0 spiro atoms. The van der Waals surface area contributed by atoms with Crippen molar-refractivity contribution in [1.29, 1.82) is 0 Å². The molecule has 0 aliphatic heterocycles. The number of hydrogen-bond donors (Lipinski definition) is 3. The van der Waals surface area contributed by atoms with Crippen molar-refractivity contribution >= 4 is 11.6 Å². The monoisotopic (exact) mass is 280 g/mol. The summed E-state index contributed by atoms with van der Waals surface area (Å²) in [6.45, 7) is 14.7. The molecule has 114 valence electrons. The van der Waals surface area contributed by atoms with E-state index in [2.05, 4.69) is 34.4 Å². The molecule has 0 saturated carbocycles. The van der Waals surface area contributed by atoms with Gasteiger partial charge in [-0.05, 0) is 34.6 Å². The summed E-state index contributed by atoms with van der Waals surface area (Å²) in [4.78, 5) is 9.18. The van der Waals surface area contributed by atoms with Crippen molar-refractivity contribution in [3.63, 3.8) is 0 Å². The van der Waals surface area contributed by atoms with Crippen molar-refractivity contribution in [3.05, 3.63) is 11.4 Å². The molecule has 5 heteroatoms. The molecule has 1 aromatic rings. The second-order valence-corrected chi connectivity index (χ2v) is 6.11. The normalized spacial score (nSPS) is 13.4. The molecular weight excluding hydrogens is 252 g/mol. The van der Waals surface area contributed by atoms with Crippen LogP contribution in [0.1, 0.15) is 58.8 Å². The predicted molar refractivity (Wildman–Crippen MR) is 84.4 cm³/mol. The standard InChI is InChI=1S/C15H28N4O/c1-8-16-13-10(4)14(18-12(17-13)9(2)3)19-15(6,7)11(5)20/h9,11,20H,8H2,1-7H3,(H2,16,17,18,19). The largest absolute Gasteiger partial charge is 0.391 e. The molecule has 0 amide bonds. The van der Waals surface area contributed by atoms with E-state index in [-0.39, 0.29) is 5.92 Å². The van der Waals surface area contributed by atoms with Crippen LogP contribution in [-0.4, -0.2) is 33.3 Å². The third kappa shape index (κ3) is 3.82. The zero-order valence-electron chi connectivity index (χ0n) is 13.7. The summed E-state index contributed by atoms with van der Waals surface area (Å²) in [6.07, 6.45) is -0.484. The van der Waals surface area contributed by atoms with Crippen LogP contribution in [0, 0.1) is 6.92 Å². The maximum absolute atomic E-state index is 9.86. The van der Waals surface area contributed by atoms with Gasteiger partial charge in [-0.15, -0.1) is 0 Å². The average molecular weight is 280 g/mol. The van der Waals surface area contributed by atoms with Gasteiger partial charge < -0.3 is 15.7 Å². The molecule has 0 fully saturated rings. The zero-order chi connectivity index (χ0) is 15.5.